The van der Waals surface area contributed by atoms with E-state index in [-0.39, 0.29) is 22.2 Å². The maximum atomic E-state index is 13.2. The second kappa shape index (κ2) is 6.94. The van der Waals surface area contributed by atoms with E-state index in [4.69, 9.17) is 11.6 Å². The summed E-state index contributed by atoms with van der Waals surface area (Å²) < 4.78 is 14.8. The largest absolute Gasteiger partial charge is 0.508 e. The Hall–Kier alpha value is -3.45. The number of rotatable bonds is 3. The minimum Gasteiger partial charge on any atom is -0.508 e. The molecule has 0 aliphatic heterocycles. The second-order valence-corrected chi connectivity index (χ2v) is 6.54. The molecule has 6 nitrogen and oxygen atoms in total. The molecule has 0 unspecified atom stereocenters. The number of fused-ring (bicyclic) bond motifs is 1. The number of carbonyl (C=O) groups is 1. The van der Waals surface area contributed by atoms with Crippen molar-refractivity contribution in [1.29, 1.82) is 0 Å². The molecule has 4 aromatic rings. The van der Waals surface area contributed by atoms with Crippen molar-refractivity contribution in [3.05, 3.63) is 76.8 Å². The summed E-state index contributed by atoms with van der Waals surface area (Å²) in [5, 5.41) is 17.3. The number of phenols is 1. The zero-order valence-corrected chi connectivity index (χ0v) is 15.4. The van der Waals surface area contributed by atoms with Crippen molar-refractivity contribution in [3.63, 3.8) is 0 Å². The lowest BCUT2D eigenvalue weighted by Crippen LogP contribution is -2.13. The van der Waals surface area contributed by atoms with E-state index < -0.39 is 5.91 Å². The average Bonchev–Trinajstić information content (AvgIpc) is 3.02. The molecule has 28 heavy (non-hydrogen) atoms. The third-order valence-corrected chi connectivity index (χ3v) is 4.64. The Kier molecular flexibility index (Phi) is 4.44. The molecule has 2 aromatic carbocycles. The molecule has 2 heterocycles. The first-order chi connectivity index (χ1) is 13.4. The van der Waals surface area contributed by atoms with E-state index in [1.54, 1.807) is 35.9 Å². The summed E-state index contributed by atoms with van der Waals surface area (Å²) in [6.45, 7) is 1.76. The van der Waals surface area contributed by atoms with Gasteiger partial charge in [-0.25, -0.2) is 14.1 Å². The lowest BCUT2D eigenvalue weighted by atomic mass is 10.2. The van der Waals surface area contributed by atoms with Crippen LogP contribution in [0.4, 0.5) is 10.1 Å². The molecule has 4 rings (SSSR count). The first-order valence-corrected chi connectivity index (χ1v) is 8.72. The lowest BCUT2D eigenvalue weighted by molar-refractivity contribution is 0.102. The maximum Gasteiger partial charge on any atom is 0.258 e. The Labute approximate surface area is 164 Å². The number of benzene rings is 2. The van der Waals surface area contributed by atoms with Gasteiger partial charge in [0.1, 0.15) is 11.6 Å². The topological polar surface area (TPSA) is 80.0 Å². The fourth-order valence-electron chi connectivity index (χ4n) is 2.87. The zero-order chi connectivity index (χ0) is 19.8. The highest BCUT2D eigenvalue weighted by Gasteiger charge is 2.20. The summed E-state index contributed by atoms with van der Waals surface area (Å²) >= 11 is 6.51. The molecule has 0 aliphatic carbocycles. The third-order valence-electron chi connectivity index (χ3n) is 4.25. The number of nitrogens with zero attached hydrogens (tertiary/aromatic N) is 3. The number of nitrogens with one attached hydrogen (secondary N) is 1. The molecular formula is C20H14ClFN4O2. The summed E-state index contributed by atoms with van der Waals surface area (Å²) in [5.74, 6) is -0.682. The number of pyridine rings is 1. The van der Waals surface area contributed by atoms with Crippen molar-refractivity contribution in [2.75, 3.05) is 5.32 Å². The van der Waals surface area contributed by atoms with Crippen LogP contribution in [0.25, 0.3) is 16.7 Å². The van der Waals surface area contributed by atoms with E-state index in [1.165, 1.54) is 30.5 Å². The fraction of sp³-hybridized carbons (Fsp3) is 0.0500. The molecule has 2 aromatic heterocycles. The normalized spacial score (nSPS) is 11.0. The predicted octanol–water partition coefficient (Wildman–Crippen LogP) is 4.48. The van der Waals surface area contributed by atoms with Gasteiger partial charge in [-0.2, -0.15) is 5.10 Å². The number of phenolic OH excluding ortho intramolecular Hbond substituents is 1. The molecule has 2 N–H and O–H groups in total. The first-order valence-electron chi connectivity index (χ1n) is 8.34. The second-order valence-electron chi connectivity index (χ2n) is 6.16. The van der Waals surface area contributed by atoms with Gasteiger partial charge in [-0.3, -0.25) is 4.79 Å². The van der Waals surface area contributed by atoms with Crippen LogP contribution in [0.5, 0.6) is 5.75 Å². The third kappa shape index (κ3) is 3.16. The van der Waals surface area contributed by atoms with Crippen LogP contribution in [0.3, 0.4) is 0 Å². The summed E-state index contributed by atoms with van der Waals surface area (Å²) in [7, 11) is 0. The predicted molar refractivity (Wildman–Crippen MR) is 105 cm³/mol. The quantitative estimate of drug-likeness (QED) is 0.500. The lowest BCUT2D eigenvalue weighted by Gasteiger charge is -2.08. The van der Waals surface area contributed by atoms with Crippen molar-refractivity contribution in [2.45, 2.75) is 6.92 Å². The monoisotopic (exact) mass is 396 g/mol. The molecule has 0 atom stereocenters. The van der Waals surface area contributed by atoms with Gasteiger partial charge in [0.25, 0.3) is 5.91 Å². The summed E-state index contributed by atoms with van der Waals surface area (Å²) in [5.41, 5.74) is 2.40. The van der Waals surface area contributed by atoms with Gasteiger partial charge < -0.3 is 10.4 Å². The highest BCUT2D eigenvalue weighted by molar-refractivity contribution is 6.39. The standard InChI is InChI=1S/C20H14ClFN4O2/c1-11-17-18(21)16(20(28)24-13-4-8-15(27)9-5-13)10-23-19(17)26(25-11)14-6-2-12(22)3-7-14/h2-10,27H,1H3,(H,24,28). The number of amides is 1. The highest BCUT2D eigenvalue weighted by atomic mass is 35.5. The van der Waals surface area contributed by atoms with E-state index in [2.05, 4.69) is 15.4 Å². The minimum absolute atomic E-state index is 0.1000. The molecule has 0 saturated heterocycles. The molecule has 0 bridgehead atoms. The molecule has 0 aliphatic rings. The van der Waals surface area contributed by atoms with Crippen LogP contribution in [0.15, 0.2) is 54.7 Å². The minimum atomic E-state index is -0.431. The van der Waals surface area contributed by atoms with Gasteiger partial charge >= 0.3 is 0 Å². The van der Waals surface area contributed by atoms with Crippen LogP contribution >= 0.6 is 11.6 Å². The van der Waals surface area contributed by atoms with E-state index in [0.717, 1.165) is 0 Å². The van der Waals surface area contributed by atoms with Crippen LogP contribution in [0, 0.1) is 12.7 Å². The Balaban J connectivity index is 1.74. The van der Waals surface area contributed by atoms with E-state index in [9.17, 15) is 14.3 Å². The maximum absolute atomic E-state index is 13.2. The summed E-state index contributed by atoms with van der Waals surface area (Å²) in [4.78, 5) is 17.0. The van der Waals surface area contributed by atoms with Crippen LogP contribution < -0.4 is 5.32 Å². The SMILES string of the molecule is Cc1nn(-c2ccc(F)cc2)c2ncc(C(=O)Nc3ccc(O)cc3)c(Cl)c12. The van der Waals surface area contributed by atoms with Crippen LogP contribution in [0.1, 0.15) is 16.1 Å². The fourth-order valence-corrected chi connectivity index (χ4v) is 3.23. The van der Waals surface area contributed by atoms with Crippen molar-refractivity contribution in [3.8, 4) is 11.4 Å². The summed E-state index contributed by atoms with van der Waals surface area (Å²) in [6.07, 6.45) is 1.38. The molecule has 1 amide bonds. The van der Waals surface area contributed by atoms with Gasteiger partial charge in [-0.05, 0) is 55.5 Å². The Bertz CT molecular complexity index is 1190. The number of hydrogen-bond donors (Lipinski definition) is 2. The molecule has 140 valence electrons. The van der Waals surface area contributed by atoms with E-state index >= 15 is 0 Å². The van der Waals surface area contributed by atoms with E-state index in [0.29, 0.717) is 28.1 Å². The smallest absolute Gasteiger partial charge is 0.258 e. The zero-order valence-electron chi connectivity index (χ0n) is 14.6. The van der Waals surface area contributed by atoms with Crippen molar-refractivity contribution in [1.82, 2.24) is 14.8 Å². The van der Waals surface area contributed by atoms with Gasteiger partial charge in [0.15, 0.2) is 5.65 Å². The Morgan fingerprint density at radius 1 is 1.14 bits per heavy atom. The average molecular weight is 397 g/mol. The Morgan fingerprint density at radius 3 is 2.50 bits per heavy atom. The molecule has 0 radical (unpaired) electrons. The molecule has 0 saturated carbocycles. The van der Waals surface area contributed by atoms with Crippen molar-refractivity contribution in [2.24, 2.45) is 0 Å². The number of halogens is 2. The molecular weight excluding hydrogens is 383 g/mol. The number of carbonyl (C=O) groups excluding carboxylic acids is 1. The van der Waals surface area contributed by atoms with Gasteiger partial charge in [-0.1, -0.05) is 11.6 Å². The number of hydrogen-bond acceptors (Lipinski definition) is 4. The first kappa shape index (κ1) is 17.9. The highest BCUT2D eigenvalue weighted by Crippen LogP contribution is 2.30. The number of aryl methyl sites for hydroxylation is 1. The van der Waals surface area contributed by atoms with Gasteiger partial charge in [0, 0.05) is 11.9 Å². The van der Waals surface area contributed by atoms with Gasteiger partial charge in [0.05, 0.1) is 27.4 Å². The molecule has 0 spiro atoms. The molecule has 8 heteroatoms. The summed E-state index contributed by atoms with van der Waals surface area (Å²) in [6, 6.07) is 11.9. The Morgan fingerprint density at radius 2 is 1.82 bits per heavy atom. The molecule has 0 fully saturated rings. The van der Waals surface area contributed by atoms with Crippen molar-refractivity contribution < 1.29 is 14.3 Å². The van der Waals surface area contributed by atoms with Crippen LogP contribution in [-0.4, -0.2) is 25.8 Å². The van der Waals surface area contributed by atoms with Crippen LogP contribution in [0.2, 0.25) is 5.02 Å². The van der Waals surface area contributed by atoms with E-state index in [1.807, 2.05) is 0 Å². The van der Waals surface area contributed by atoms with Gasteiger partial charge in [0.2, 0.25) is 0 Å². The van der Waals surface area contributed by atoms with Crippen LogP contribution in [-0.2, 0) is 0 Å². The number of anilines is 1. The number of aromatic nitrogens is 3. The number of aromatic hydroxyl groups is 1. The van der Waals surface area contributed by atoms with Crippen molar-refractivity contribution >= 4 is 34.2 Å². The van der Waals surface area contributed by atoms with Gasteiger partial charge in [-0.15, -0.1) is 0 Å².